The molecule has 54 heavy (non-hydrogen) atoms. The number of nitrogens with one attached hydrogen (secondary N) is 1. The molecule has 0 bridgehead atoms. The first-order valence-electron chi connectivity index (χ1n) is 18.2. The third-order valence-electron chi connectivity index (χ3n) is 9.38. The lowest BCUT2D eigenvalue weighted by atomic mass is 9.79. The lowest BCUT2D eigenvalue weighted by molar-refractivity contribution is -0.0931. The van der Waals surface area contributed by atoms with Gasteiger partial charge in [-0.15, -0.1) is 0 Å². The molecule has 1 aromatic heterocycles. The summed E-state index contributed by atoms with van der Waals surface area (Å²) in [5.74, 6) is 1.41. The Bertz CT molecular complexity index is 1890. The molecule has 5 rings (SSSR count). The predicted molar refractivity (Wildman–Crippen MR) is 208 cm³/mol. The fourth-order valence-corrected chi connectivity index (χ4v) is 8.49. The van der Waals surface area contributed by atoms with E-state index in [9.17, 15) is 14.9 Å². The highest BCUT2D eigenvalue weighted by molar-refractivity contribution is 7.44. The Morgan fingerprint density at radius 1 is 0.907 bits per heavy atom. The molecule has 2 heterocycles. The van der Waals surface area contributed by atoms with Crippen molar-refractivity contribution < 1.29 is 28.0 Å². The number of hydrogen-bond acceptors (Lipinski definition) is 10. The standard InChI is InChI=1S/C41H51N4O8P/c1-28(2)45(29(3)4)54(50-23-11-22-42)51-27-38-37(24-36(52-38)26-44-25-30(5)39(46)43-40(44)47)53-41(31-12-9-8-10-13-31,32-14-18-34(48-6)19-15-32)33-16-20-35(49-7)21-17-33/h8-10,12-21,25,28-29,36-38H,11,23-24,26-27H2,1-7H3,(H,43,46,47)/t36-,37+,38-,54?/m1/s1. The first kappa shape index (κ1) is 40.8. The van der Waals surface area contributed by atoms with Gasteiger partial charge in [-0.2, -0.15) is 5.26 Å². The molecular formula is C41H51N4O8P. The monoisotopic (exact) mass is 758 g/mol. The van der Waals surface area contributed by atoms with Gasteiger partial charge in [0.05, 0.1) is 58.7 Å². The van der Waals surface area contributed by atoms with E-state index in [1.807, 2.05) is 78.9 Å². The van der Waals surface area contributed by atoms with E-state index in [0.29, 0.717) is 23.5 Å². The largest absolute Gasteiger partial charge is 0.497 e. The molecule has 288 valence electrons. The van der Waals surface area contributed by atoms with Gasteiger partial charge in [-0.05, 0) is 75.6 Å². The minimum Gasteiger partial charge on any atom is -0.497 e. The van der Waals surface area contributed by atoms with Gasteiger partial charge >= 0.3 is 5.69 Å². The van der Waals surface area contributed by atoms with Gasteiger partial charge in [-0.25, -0.2) is 9.46 Å². The summed E-state index contributed by atoms with van der Waals surface area (Å²) in [7, 11) is 1.69. The van der Waals surface area contributed by atoms with Crippen LogP contribution < -0.4 is 20.7 Å². The van der Waals surface area contributed by atoms with E-state index in [1.165, 1.54) is 4.57 Å². The van der Waals surface area contributed by atoms with Crippen LogP contribution in [0.25, 0.3) is 0 Å². The van der Waals surface area contributed by atoms with Crippen molar-refractivity contribution in [2.75, 3.05) is 27.4 Å². The molecule has 0 radical (unpaired) electrons. The molecule has 4 aromatic rings. The van der Waals surface area contributed by atoms with Crippen molar-refractivity contribution >= 4 is 8.53 Å². The van der Waals surface area contributed by atoms with Crippen LogP contribution in [-0.4, -0.2) is 72.1 Å². The van der Waals surface area contributed by atoms with E-state index in [0.717, 1.165) is 16.7 Å². The molecular weight excluding hydrogens is 707 g/mol. The zero-order valence-electron chi connectivity index (χ0n) is 32.1. The molecule has 12 nitrogen and oxygen atoms in total. The summed E-state index contributed by atoms with van der Waals surface area (Å²) in [6.45, 7) is 10.5. The van der Waals surface area contributed by atoms with Crippen molar-refractivity contribution in [1.82, 2.24) is 14.2 Å². The lowest BCUT2D eigenvalue weighted by Crippen LogP contribution is -2.41. The van der Waals surface area contributed by atoms with Crippen LogP contribution in [0.5, 0.6) is 11.5 Å². The maximum atomic E-state index is 12.9. The van der Waals surface area contributed by atoms with Crippen LogP contribution in [0.3, 0.4) is 0 Å². The Hall–Kier alpha value is -4.34. The molecule has 0 saturated carbocycles. The Balaban J connectivity index is 1.60. The minimum absolute atomic E-state index is 0.105. The van der Waals surface area contributed by atoms with Gasteiger partial charge < -0.3 is 28.0 Å². The Morgan fingerprint density at radius 2 is 1.48 bits per heavy atom. The number of methoxy groups -OCH3 is 2. The molecule has 4 atom stereocenters. The molecule has 1 N–H and O–H groups in total. The molecule has 1 fully saturated rings. The van der Waals surface area contributed by atoms with Crippen LogP contribution in [-0.2, 0) is 30.7 Å². The van der Waals surface area contributed by atoms with Gasteiger partial charge in [-0.1, -0.05) is 54.6 Å². The molecule has 1 unspecified atom stereocenters. The van der Waals surface area contributed by atoms with Crippen LogP contribution >= 0.6 is 8.53 Å². The van der Waals surface area contributed by atoms with Gasteiger partial charge in [0, 0.05) is 30.3 Å². The number of hydrogen-bond donors (Lipinski definition) is 1. The number of aromatic nitrogens is 2. The average molecular weight is 759 g/mol. The van der Waals surface area contributed by atoms with Crippen LogP contribution in [0, 0.1) is 18.3 Å². The zero-order chi connectivity index (χ0) is 38.8. The van der Waals surface area contributed by atoms with Crippen LogP contribution in [0.1, 0.15) is 62.8 Å². The van der Waals surface area contributed by atoms with E-state index >= 15 is 0 Å². The molecule has 3 aromatic carbocycles. The maximum absolute atomic E-state index is 12.9. The quantitative estimate of drug-likeness (QED) is 0.0664. The summed E-state index contributed by atoms with van der Waals surface area (Å²) in [6.07, 6.45) is 0.574. The highest BCUT2D eigenvalue weighted by Crippen LogP contribution is 2.48. The fraction of sp³-hybridized carbons (Fsp3) is 0.439. The van der Waals surface area contributed by atoms with Gasteiger partial charge in [0.25, 0.3) is 14.1 Å². The predicted octanol–water partition coefficient (Wildman–Crippen LogP) is 6.69. The van der Waals surface area contributed by atoms with Gasteiger partial charge in [0.1, 0.15) is 23.2 Å². The van der Waals surface area contributed by atoms with Crippen LogP contribution in [0.15, 0.2) is 94.6 Å². The number of nitrogens with zero attached hydrogens (tertiary/aromatic N) is 3. The smallest absolute Gasteiger partial charge is 0.328 e. The number of rotatable bonds is 18. The summed E-state index contributed by atoms with van der Waals surface area (Å²) >= 11 is 0. The van der Waals surface area contributed by atoms with Crippen molar-refractivity contribution in [2.24, 2.45) is 0 Å². The number of aryl methyl sites for hydroxylation is 1. The minimum atomic E-state index is -1.58. The number of aromatic amines is 1. The highest BCUT2D eigenvalue weighted by atomic mass is 31.2. The van der Waals surface area contributed by atoms with Gasteiger partial charge in [0.2, 0.25) is 0 Å². The highest BCUT2D eigenvalue weighted by Gasteiger charge is 2.46. The van der Waals surface area contributed by atoms with E-state index in [2.05, 4.69) is 43.4 Å². The third-order valence-corrected chi connectivity index (χ3v) is 11.5. The molecule has 0 aliphatic carbocycles. The molecule has 0 amide bonds. The second-order valence-corrected chi connectivity index (χ2v) is 15.2. The number of benzene rings is 3. The second kappa shape index (κ2) is 18.8. The van der Waals surface area contributed by atoms with Crippen LogP contribution in [0.4, 0.5) is 0 Å². The molecule has 1 aliphatic rings. The Morgan fingerprint density at radius 3 is 2.02 bits per heavy atom. The maximum Gasteiger partial charge on any atom is 0.328 e. The van der Waals surface area contributed by atoms with Gasteiger partial charge in [0.15, 0.2) is 0 Å². The van der Waals surface area contributed by atoms with E-state index in [4.69, 9.17) is 28.0 Å². The number of nitriles is 1. The molecule has 0 spiro atoms. The summed E-state index contributed by atoms with van der Waals surface area (Å²) < 4.78 is 41.8. The van der Waals surface area contributed by atoms with Crippen LogP contribution in [0.2, 0.25) is 0 Å². The molecule has 13 heteroatoms. The summed E-state index contributed by atoms with van der Waals surface area (Å²) in [6, 6.07) is 28.1. The topological polar surface area (TPSA) is 137 Å². The molecule has 1 aliphatic heterocycles. The summed E-state index contributed by atoms with van der Waals surface area (Å²) in [5, 5.41) is 9.25. The number of H-pyrrole nitrogens is 1. The summed E-state index contributed by atoms with van der Waals surface area (Å²) in [4.78, 5) is 27.5. The molecule has 1 saturated heterocycles. The normalized spacial score (nSPS) is 17.9. The van der Waals surface area contributed by atoms with E-state index < -0.39 is 43.7 Å². The zero-order valence-corrected chi connectivity index (χ0v) is 33.0. The fourth-order valence-electron chi connectivity index (χ4n) is 6.87. The Labute approximate surface area is 318 Å². The average Bonchev–Trinajstić information content (AvgIpc) is 3.55. The van der Waals surface area contributed by atoms with Crippen molar-refractivity contribution in [3.05, 3.63) is 128 Å². The van der Waals surface area contributed by atoms with E-state index in [-0.39, 0.29) is 38.3 Å². The van der Waals surface area contributed by atoms with Crippen molar-refractivity contribution in [2.45, 2.75) is 90.0 Å². The van der Waals surface area contributed by atoms with Gasteiger partial charge in [-0.3, -0.25) is 14.3 Å². The van der Waals surface area contributed by atoms with Crippen molar-refractivity contribution in [3.8, 4) is 17.6 Å². The second-order valence-electron chi connectivity index (χ2n) is 13.8. The third kappa shape index (κ3) is 9.47. The first-order chi connectivity index (χ1) is 26.0. The van der Waals surface area contributed by atoms with Crippen molar-refractivity contribution in [1.29, 1.82) is 5.26 Å². The lowest BCUT2D eigenvalue weighted by Gasteiger charge is -2.40. The first-order valence-corrected chi connectivity index (χ1v) is 19.3. The number of ether oxygens (including phenoxy) is 4. The SMILES string of the molecule is COc1ccc(C(O[C@H]2C[C@H](Cn3cc(C)c(=O)[nH]c3=O)O[C@@H]2COP(OCCC#N)N(C(C)C)C(C)C)(c2ccccc2)c2ccc(OC)cc2)cc1. The van der Waals surface area contributed by atoms with E-state index in [1.54, 1.807) is 27.3 Å². The Kier molecular flexibility index (Phi) is 14.2. The van der Waals surface area contributed by atoms with Crippen molar-refractivity contribution in [3.63, 3.8) is 0 Å². The summed E-state index contributed by atoms with van der Waals surface area (Å²) in [5.41, 5.74) is 0.968.